The Hall–Kier alpha value is -2.49. The summed E-state index contributed by atoms with van der Waals surface area (Å²) in [4.78, 5) is 16.2. The summed E-state index contributed by atoms with van der Waals surface area (Å²) in [5, 5.41) is 7.46. The number of methoxy groups -OCH3 is 1. The molecule has 1 aliphatic carbocycles. The molecule has 8 nitrogen and oxygen atoms in total. The van der Waals surface area contributed by atoms with Crippen LogP contribution in [0.2, 0.25) is 0 Å². The smallest absolute Gasteiger partial charge is 0.249 e. The first-order chi connectivity index (χ1) is 12.3. The molecule has 1 aliphatic rings. The van der Waals surface area contributed by atoms with E-state index in [0.717, 1.165) is 12.8 Å². The maximum atomic E-state index is 14.1. The van der Waals surface area contributed by atoms with Crippen molar-refractivity contribution in [1.29, 1.82) is 0 Å². The summed E-state index contributed by atoms with van der Waals surface area (Å²) >= 11 is 0. The zero-order valence-corrected chi connectivity index (χ0v) is 15.1. The molecule has 1 fully saturated rings. The van der Waals surface area contributed by atoms with Crippen molar-refractivity contribution in [2.45, 2.75) is 25.0 Å². The fourth-order valence-electron chi connectivity index (χ4n) is 2.39. The van der Waals surface area contributed by atoms with Gasteiger partial charge in [-0.3, -0.25) is 15.2 Å². The van der Waals surface area contributed by atoms with Crippen molar-refractivity contribution < 1.29 is 22.3 Å². The topological polar surface area (TPSA) is 114 Å². The number of carbonyl (C=O) groups is 1. The van der Waals surface area contributed by atoms with Gasteiger partial charge < -0.3 is 4.74 Å². The van der Waals surface area contributed by atoms with Gasteiger partial charge in [0.25, 0.3) is 0 Å². The Bertz CT molecular complexity index is 924. The lowest BCUT2D eigenvalue weighted by Crippen LogP contribution is -2.34. The quantitative estimate of drug-likeness (QED) is 0.754. The van der Waals surface area contributed by atoms with E-state index in [1.807, 2.05) is 0 Å². The number of rotatable bonds is 7. The number of hydrogen-bond acceptors (Lipinski definition) is 6. The molecule has 0 spiro atoms. The highest BCUT2D eigenvalue weighted by molar-refractivity contribution is 7.92. The van der Waals surface area contributed by atoms with E-state index in [4.69, 9.17) is 4.74 Å². The van der Waals surface area contributed by atoms with Gasteiger partial charge in [0.05, 0.1) is 18.4 Å². The number of anilines is 1. The summed E-state index contributed by atoms with van der Waals surface area (Å²) in [5.41, 5.74) is 0.146. The Balaban J connectivity index is 1.71. The van der Waals surface area contributed by atoms with Gasteiger partial charge in [0.15, 0.2) is 15.7 Å². The SMILES string of the molecule is COc1ccc(-c2nc(NC(=O)C(C)S(=O)(=O)CC3CC3)n[nH]2)c(F)c1. The minimum absolute atomic E-state index is 0.0118. The van der Waals surface area contributed by atoms with E-state index >= 15 is 0 Å². The molecule has 1 heterocycles. The van der Waals surface area contributed by atoms with Crippen LogP contribution in [0, 0.1) is 11.7 Å². The van der Waals surface area contributed by atoms with E-state index in [9.17, 15) is 17.6 Å². The Morgan fingerprint density at radius 3 is 2.81 bits per heavy atom. The van der Waals surface area contributed by atoms with Gasteiger partial charge in [-0.2, -0.15) is 4.98 Å². The van der Waals surface area contributed by atoms with Crippen molar-refractivity contribution in [2.24, 2.45) is 5.92 Å². The molecule has 140 valence electrons. The highest BCUT2D eigenvalue weighted by Crippen LogP contribution is 2.31. The van der Waals surface area contributed by atoms with Crippen LogP contribution in [0.1, 0.15) is 19.8 Å². The third-order valence-electron chi connectivity index (χ3n) is 4.22. The van der Waals surface area contributed by atoms with E-state index in [2.05, 4.69) is 20.5 Å². The summed E-state index contributed by atoms with van der Waals surface area (Å²) in [5.74, 6) is -0.775. The third-order valence-corrected chi connectivity index (χ3v) is 6.45. The first kappa shape index (κ1) is 18.3. The molecule has 1 amide bonds. The molecular weight excluding hydrogens is 363 g/mol. The standard InChI is InChI=1S/C16H19FN4O4S/c1-9(26(23,24)8-10-3-4-10)15(22)19-16-18-14(20-21-16)12-6-5-11(25-2)7-13(12)17/h5-7,9-10H,3-4,8H2,1-2H3,(H2,18,19,20,21,22). The number of nitrogens with one attached hydrogen (secondary N) is 2. The first-order valence-corrected chi connectivity index (χ1v) is 9.80. The number of carbonyl (C=O) groups excluding carboxylic acids is 1. The van der Waals surface area contributed by atoms with Crippen molar-refractivity contribution in [2.75, 3.05) is 18.2 Å². The number of ether oxygens (including phenoxy) is 1. The van der Waals surface area contributed by atoms with Crippen molar-refractivity contribution >= 4 is 21.7 Å². The number of halogens is 1. The van der Waals surface area contributed by atoms with Gasteiger partial charge in [0.2, 0.25) is 11.9 Å². The second-order valence-corrected chi connectivity index (χ2v) is 8.62. The predicted octanol–water partition coefficient (Wildman–Crippen LogP) is 1.77. The number of nitrogens with zero attached hydrogens (tertiary/aromatic N) is 2. The average Bonchev–Trinajstić information content (AvgIpc) is 3.28. The molecule has 0 bridgehead atoms. The lowest BCUT2D eigenvalue weighted by molar-refractivity contribution is -0.115. The van der Waals surface area contributed by atoms with Crippen molar-refractivity contribution in [3.63, 3.8) is 0 Å². The summed E-state index contributed by atoms with van der Waals surface area (Å²) in [6.45, 7) is 1.34. The van der Waals surface area contributed by atoms with Crippen LogP contribution in [0.3, 0.4) is 0 Å². The van der Waals surface area contributed by atoms with E-state index in [-0.39, 0.29) is 29.0 Å². The second-order valence-electron chi connectivity index (χ2n) is 6.26. The van der Waals surface area contributed by atoms with Gasteiger partial charge in [-0.1, -0.05) is 0 Å². The molecule has 2 N–H and O–H groups in total. The highest BCUT2D eigenvalue weighted by Gasteiger charge is 2.35. The molecule has 26 heavy (non-hydrogen) atoms. The third kappa shape index (κ3) is 4.01. The van der Waals surface area contributed by atoms with Crippen molar-refractivity contribution in [3.8, 4) is 17.1 Å². The van der Waals surface area contributed by atoms with E-state index in [0.29, 0.717) is 5.75 Å². The van der Waals surface area contributed by atoms with Gasteiger partial charge in [-0.05, 0) is 37.8 Å². The Morgan fingerprint density at radius 2 is 2.19 bits per heavy atom. The number of aromatic nitrogens is 3. The van der Waals surface area contributed by atoms with Crippen LogP contribution < -0.4 is 10.1 Å². The van der Waals surface area contributed by atoms with Gasteiger partial charge in [-0.15, -0.1) is 5.10 Å². The zero-order chi connectivity index (χ0) is 18.9. The van der Waals surface area contributed by atoms with E-state index < -0.39 is 26.8 Å². The molecule has 1 aromatic carbocycles. The largest absolute Gasteiger partial charge is 0.497 e. The molecular formula is C16H19FN4O4S. The molecule has 1 atom stereocenters. The van der Waals surface area contributed by atoms with Crippen LogP contribution in [0.5, 0.6) is 5.75 Å². The molecule has 0 aliphatic heterocycles. The molecule has 1 aromatic heterocycles. The number of amides is 1. The minimum Gasteiger partial charge on any atom is -0.497 e. The van der Waals surface area contributed by atoms with Crippen LogP contribution in [0.25, 0.3) is 11.4 Å². The lowest BCUT2D eigenvalue weighted by atomic mass is 10.2. The second kappa shape index (κ2) is 7.02. The van der Waals surface area contributed by atoms with Crippen LogP contribution in [0.4, 0.5) is 10.3 Å². The molecule has 3 rings (SSSR count). The molecule has 2 aromatic rings. The number of benzene rings is 1. The summed E-state index contributed by atoms with van der Waals surface area (Å²) in [6, 6.07) is 4.22. The number of H-pyrrole nitrogens is 1. The lowest BCUT2D eigenvalue weighted by Gasteiger charge is -2.11. The zero-order valence-electron chi connectivity index (χ0n) is 14.3. The normalized spacial score (nSPS) is 15.5. The fraction of sp³-hybridized carbons (Fsp3) is 0.438. The summed E-state index contributed by atoms with van der Waals surface area (Å²) < 4.78 is 43.4. The van der Waals surface area contributed by atoms with Crippen molar-refractivity contribution in [3.05, 3.63) is 24.0 Å². The van der Waals surface area contributed by atoms with Crippen LogP contribution in [-0.2, 0) is 14.6 Å². The molecule has 0 saturated heterocycles. The van der Waals surface area contributed by atoms with Gasteiger partial charge >= 0.3 is 0 Å². The van der Waals surface area contributed by atoms with Crippen LogP contribution in [-0.4, -0.2) is 47.6 Å². The number of aromatic amines is 1. The Labute approximate surface area is 150 Å². The van der Waals surface area contributed by atoms with Crippen molar-refractivity contribution in [1.82, 2.24) is 15.2 Å². The monoisotopic (exact) mass is 382 g/mol. The average molecular weight is 382 g/mol. The minimum atomic E-state index is -3.53. The predicted molar refractivity (Wildman–Crippen MR) is 92.9 cm³/mol. The van der Waals surface area contributed by atoms with E-state index in [1.165, 1.54) is 26.2 Å². The van der Waals surface area contributed by atoms with Gasteiger partial charge in [-0.25, -0.2) is 12.8 Å². The highest BCUT2D eigenvalue weighted by atomic mass is 32.2. The molecule has 1 saturated carbocycles. The summed E-state index contributed by atoms with van der Waals surface area (Å²) in [6.07, 6.45) is 1.76. The molecule has 0 radical (unpaired) electrons. The first-order valence-electron chi connectivity index (χ1n) is 8.09. The molecule has 10 heteroatoms. The maximum Gasteiger partial charge on any atom is 0.249 e. The van der Waals surface area contributed by atoms with Gasteiger partial charge in [0.1, 0.15) is 16.8 Å². The van der Waals surface area contributed by atoms with Gasteiger partial charge in [0, 0.05) is 6.07 Å². The van der Waals surface area contributed by atoms with E-state index in [1.54, 1.807) is 6.07 Å². The maximum absolute atomic E-state index is 14.1. The number of hydrogen-bond donors (Lipinski definition) is 2. The summed E-state index contributed by atoms with van der Waals surface area (Å²) in [7, 11) is -2.10. The van der Waals surface area contributed by atoms with Crippen LogP contribution >= 0.6 is 0 Å². The fourth-order valence-corrected chi connectivity index (χ4v) is 4.05. The molecule has 1 unspecified atom stereocenters. The van der Waals surface area contributed by atoms with Crippen LogP contribution in [0.15, 0.2) is 18.2 Å². The Morgan fingerprint density at radius 1 is 1.46 bits per heavy atom. The number of sulfone groups is 1. The Kier molecular flexibility index (Phi) is 4.94.